The molecule has 0 atom stereocenters. The molecule has 0 saturated heterocycles. The molecule has 0 aliphatic heterocycles. The molecule has 3 heteroatoms. The maximum atomic E-state index is 12.4. The van der Waals surface area contributed by atoms with Crippen molar-refractivity contribution in [2.75, 3.05) is 5.73 Å². The van der Waals surface area contributed by atoms with Crippen molar-refractivity contribution in [1.82, 2.24) is 5.32 Å². The van der Waals surface area contributed by atoms with Gasteiger partial charge in [-0.15, -0.1) is 0 Å². The fourth-order valence-corrected chi connectivity index (χ4v) is 2.47. The number of carbonyl (C=O) groups is 1. The lowest BCUT2D eigenvalue weighted by Gasteiger charge is -2.18. The van der Waals surface area contributed by atoms with E-state index < -0.39 is 0 Å². The normalized spacial score (nSPS) is 15.7. The molecule has 1 aliphatic rings. The molecule has 1 saturated carbocycles. The fraction of sp³-hybridized carbons (Fsp3) is 0.235. The summed E-state index contributed by atoms with van der Waals surface area (Å²) >= 11 is 0. The Morgan fingerprint density at radius 1 is 1.15 bits per heavy atom. The smallest absolute Gasteiger partial charge is 0.251 e. The summed E-state index contributed by atoms with van der Waals surface area (Å²) in [5, 5.41) is 3.17. The predicted molar refractivity (Wildman–Crippen MR) is 80.4 cm³/mol. The number of nitrogens with one attached hydrogen (secondary N) is 1. The zero-order valence-electron chi connectivity index (χ0n) is 11.5. The molecule has 102 valence electrons. The Labute approximate surface area is 118 Å². The zero-order valence-corrected chi connectivity index (χ0v) is 11.5. The Balaban J connectivity index is 1.81. The summed E-state index contributed by atoms with van der Waals surface area (Å²) in [5.74, 6) is -0.0329. The van der Waals surface area contributed by atoms with Gasteiger partial charge >= 0.3 is 0 Å². The number of benzene rings is 2. The van der Waals surface area contributed by atoms with Crippen molar-refractivity contribution >= 4 is 11.6 Å². The Bertz CT molecular complexity index is 645. The van der Waals surface area contributed by atoms with Gasteiger partial charge in [0.2, 0.25) is 0 Å². The lowest BCUT2D eigenvalue weighted by atomic mass is 10.0. The zero-order chi connectivity index (χ0) is 14.2. The highest BCUT2D eigenvalue weighted by Gasteiger charge is 2.45. The number of carbonyl (C=O) groups excluding carboxylic acids is 1. The van der Waals surface area contributed by atoms with Crippen molar-refractivity contribution in [3.63, 3.8) is 0 Å². The molecule has 20 heavy (non-hydrogen) atoms. The van der Waals surface area contributed by atoms with Gasteiger partial charge in [-0.1, -0.05) is 30.3 Å². The van der Waals surface area contributed by atoms with E-state index in [0.717, 1.165) is 18.4 Å². The Morgan fingerprint density at radius 2 is 1.85 bits per heavy atom. The molecule has 3 rings (SSSR count). The van der Waals surface area contributed by atoms with E-state index in [1.165, 1.54) is 5.56 Å². The van der Waals surface area contributed by atoms with E-state index in [4.69, 9.17) is 5.73 Å². The molecule has 0 bridgehead atoms. The summed E-state index contributed by atoms with van der Waals surface area (Å²) in [5.41, 5.74) is 9.11. The average Bonchev–Trinajstić information content (AvgIpc) is 3.23. The van der Waals surface area contributed by atoms with Crippen molar-refractivity contribution in [1.29, 1.82) is 0 Å². The van der Waals surface area contributed by atoms with Crippen LogP contribution in [0, 0.1) is 6.92 Å². The highest BCUT2D eigenvalue weighted by Crippen LogP contribution is 2.45. The van der Waals surface area contributed by atoms with Crippen molar-refractivity contribution in [2.24, 2.45) is 0 Å². The SMILES string of the molecule is Cc1cc(C(=O)NC2(c3ccccc3)CC2)ccc1N. The molecule has 1 amide bonds. The first kappa shape index (κ1) is 12.7. The Morgan fingerprint density at radius 3 is 2.45 bits per heavy atom. The third-order valence-corrected chi connectivity index (χ3v) is 3.96. The third kappa shape index (κ3) is 2.27. The number of hydrogen-bond donors (Lipinski definition) is 2. The van der Waals surface area contributed by atoms with Gasteiger partial charge in [-0.25, -0.2) is 0 Å². The Hall–Kier alpha value is -2.29. The summed E-state index contributed by atoms with van der Waals surface area (Å²) in [4.78, 5) is 12.4. The van der Waals surface area contributed by atoms with Crippen molar-refractivity contribution < 1.29 is 4.79 Å². The number of anilines is 1. The molecule has 0 radical (unpaired) electrons. The van der Waals surface area contributed by atoms with Crippen LogP contribution >= 0.6 is 0 Å². The maximum absolute atomic E-state index is 12.4. The molecule has 1 aliphatic carbocycles. The highest BCUT2D eigenvalue weighted by atomic mass is 16.1. The minimum Gasteiger partial charge on any atom is -0.399 e. The molecule has 0 spiro atoms. The van der Waals surface area contributed by atoms with E-state index >= 15 is 0 Å². The predicted octanol–water partition coefficient (Wildman–Crippen LogP) is 3.00. The van der Waals surface area contributed by atoms with Crippen LogP contribution in [0.1, 0.15) is 34.3 Å². The molecule has 1 fully saturated rings. The molecule has 2 aromatic carbocycles. The van der Waals surface area contributed by atoms with Gasteiger partial charge in [0.15, 0.2) is 0 Å². The third-order valence-electron chi connectivity index (χ3n) is 3.96. The van der Waals surface area contributed by atoms with Crippen molar-refractivity contribution in [3.8, 4) is 0 Å². The van der Waals surface area contributed by atoms with Gasteiger partial charge < -0.3 is 11.1 Å². The average molecular weight is 266 g/mol. The molecule has 0 aromatic heterocycles. The number of nitrogen functional groups attached to an aromatic ring is 1. The minimum atomic E-state index is -0.173. The van der Waals surface area contributed by atoms with Gasteiger partial charge in [-0.05, 0) is 49.1 Å². The lowest BCUT2D eigenvalue weighted by Crippen LogP contribution is -2.34. The van der Waals surface area contributed by atoms with Gasteiger partial charge in [0.1, 0.15) is 0 Å². The van der Waals surface area contributed by atoms with E-state index in [2.05, 4.69) is 17.4 Å². The van der Waals surface area contributed by atoms with Gasteiger partial charge in [0.25, 0.3) is 5.91 Å². The van der Waals surface area contributed by atoms with Crippen LogP contribution in [0.2, 0.25) is 0 Å². The number of rotatable bonds is 3. The van der Waals surface area contributed by atoms with Gasteiger partial charge in [0, 0.05) is 11.3 Å². The van der Waals surface area contributed by atoms with E-state index in [1.807, 2.05) is 31.2 Å². The van der Waals surface area contributed by atoms with Crippen LogP contribution in [0.3, 0.4) is 0 Å². The van der Waals surface area contributed by atoms with Gasteiger partial charge in [-0.2, -0.15) is 0 Å². The quantitative estimate of drug-likeness (QED) is 0.839. The van der Waals surface area contributed by atoms with E-state index in [0.29, 0.717) is 11.3 Å². The fourth-order valence-electron chi connectivity index (χ4n) is 2.47. The number of aryl methyl sites for hydroxylation is 1. The molecular formula is C17H18N2O. The first-order valence-electron chi connectivity index (χ1n) is 6.85. The second-order valence-electron chi connectivity index (χ2n) is 5.47. The van der Waals surface area contributed by atoms with Crippen molar-refractivity contribution in [2.45, 2.75) is 25.3 Å². The second-order valence-corrected chi connectivity index (χ2v) is 5.47. The summed E-state index contributed by atoms with van der Waals surface area (Å²) in [7, 11) is 0. The van der Waals surface area contributed by atoms with Gasteiger partial charge in [0.05, 0.1) is 5.54 Å². The molecular weight excluding hydrogens is 248 g/mol. The largest absolute Gasteiger partial charge is 0.399 e. The molecule has 3 nitrogen and oxygen atoms in total. The van der Waals surface area contributed by atoms with Crippen molar-refractivity contribution in [3.05, 3.63) is 65.2 Å². The molecule has 0 unspecified atom stereocenters. The van der Waals surface area contributed by atoms with Crippen LogP contribution in [0.25, 0.3) is 0 Å². The van der Waals surface area contributed by atoms with Gasteiger partial charge in [-0.3, -0.25) is 4.79 Å². The molecule has 0 heterocycles. The second kappa shape index (κ2) is 4.67. The van der Waals surface area contributed by atoms with Crippen LogP contribution in [0.15, 0.2) is 48.5 Å². The minimum absolute atomic E-state index is 0.0329. The highest BCUT2D eigenvalue weighted by molar-refractivity contribution is 5.95. The van der Waals surface area contributed by atoms with E-state index in [1.54, 1.807) is 12.1 Å². The summed E-state index contributed by atoms with van der Waals surface area (Å²) < 4.78 is 0. The monoisotopic (exact) mass is 266 g/mol. The first-order valence-corrected chi connectivity index (χ1v) is 6.85. The van der Waals surface area contributed by atoms with E-state index in [-0.39, 0.29) is 11.4 Å². The molecule has 3 N–H and O–H groups in total. The maximum Gasteiger partial charge on any atom is 0.251 e. The van der Waals surface area contributed by atoms with Crippen LogP contribution < -0.4 is 11.1 Å². The summed E-state index contributed by atoms with van der Waals surface area (Å²) in [6.07, 6.45) is 1.99. The van der Waals surface area contributed by atoms with Crippen LogP contribution in [0.5, 0.6) is 0 Å². The van der Waals surface area contributed by atoms with Crippen LogP contribution in [-0.4, -0.2) is 5.91 Å². The first-order chi connectivity index (χ1) is 9.61. The van der Waals surface area contributed by atoms with Crippen LogP contribution in [-0.2, 0) is 5.54 Å². The molecule has 2 aromatic rings. The summed E-state index contributed by atoms with van der Waals surface area (Å²) in [6, 6.07) is 15.6. The standard InChI is InChI=1S/C17H18N2O/c1-12-11-13(7-8-15(12)18)16(20)19-17(9-10-17)14-5-3-2-4-6-14/h2-8,11H,9-10,18H2,1H3,(H,19,20). The lowest BCUT2D eigenvalue weighted by molar-refractivity contribution is 0.0931. The topological polar surface area (TPSA) is 55.1 Å². The number of hydrogen-bond acceptors (Lipinski definition) is 2. The summed E-state index contributed by atoms with van der Waals surface area (Å²) in [6.45, 7) is 1.91. The number of amides is 1. The Kier molecular flexibility index (Phi) is 2.97. The van der Waals surface area contributed by atoms with Crippen LogP contribution in [0.4, 0.5) is 5.69 Å². The number of nitrogens with two attached hydrogens (primary N) is 1. The van der Waals surface area contributed by atoms with E-state index in [9.17, 15) is 4.79 Å².